The highest BCUT2D eigenvalue weighted by Crippen LogP contribution is 2.26. The lowest BCUT2D eigenvalue weighted by Crippen LogP contribution is -2.24. The first-order valence-corrected chi connectivity index (χ1v) is 10.8. The molecule has 0 bridgehead atoms. The van der Waals surface area contributed by atoms with Crippen LogP contribution in [0.2, 0.25) is 5.02 Å². The Kier molecular flexibility index (Phi) is 6.52. The van der Waals surface area contributed by atoms with Gasteiger partial charge in [-0.05, 0) is 36.8 Å². The highest BCUT2D eigenvalue weighted by atomic mass is 35.5. The van der Waals surface area contributed by atoms with Crippen LogP contribution in [0.4, 0.5) is 0 Å². The Hall–Kier alpha value is -2.61. The first-order valence-electron chi connectivity index (χ1n) is 9.47. The normalized spacial score (nSPS) is 11.3. The Bertz CT molecular complexity index is 1220. The summed E-state index contributed by atoms with van der Waals surface area (Å²) in [5, 5.41) is 1.90. The molecule has 2 aromatic carbocycles. The molecule has 4 aromatic rings. The number of para-hydroxylation sites is 1. The third-order valence-corrected chi connectivity index (χ3v) is 5.77. The van der Waals surface area contributed by atoms with E-state index in [-0.39, 0.29) is 5.56 Å². The summed E-state index contributed by atoms with van der Waals surface area (Å²) in [5.41, 5.74) is 2.23. The monoisotopic (exact) mass is 441 g/mol. The number of fused-ring (bicyclic) bond motifs is 1. The number of halogens is 1. The molecule has 0 aliphatic carbocycles. The van der Waals surface area contributed by atoms with Crippen molar-refractivity contribution in [1.82, 2.24) is 14.5 Å². The van der Waals surface area contributed by atoms with Gasteiger partial charge in [0.1, 0.15) is 6.26 Å². The van der Waals surface area contributed by atoms with Crippen LogP contribution in [0, 0.1) is 0 Å². The Morgan fingerprint density at radius 1 is 1.17 bits per heavy atom. The Labute approximate surface area is 182 Å². The van der Waals surface area contributed by atoms with E-state index in [1.54, 1.807) is 30.1 Å². The van der Waals surface area contributed by atoms with Crippen LogP contribution in [-0.4, -0.2) is 28.3 Å². The second-order valence-electron chi connectivity index (χ2n) is 6.66. The molecule has 0 amide bonds. The van der Waals surface area contributed by atoms with Crippen molar-refractivity contribution in [3.05, 3.63) is 75.9 Å². The van der Waals surface area contributed by atoms with Gasteiger partial charge in [-0.3, -0.25) is 9.36 Å². The molecule has 0 radical (unpaired) electrons. The number of oxazole rings is 1. The highest BCUT2D eigenvalue weighted by Gasteiger charge is 2.13. The number of rotatable bonds is 8. The zero-order valence-corrected chi connectivity index (χ0v) is 17.9. The van der Waals surface area contributed by atoms with Gasteiger partial charge >= 0.3 is 0 Å². The SMILES string of the molecule is COCCCn1c(SCc2coc(-c3cccc(Cl)c3)n2)nc2ccccc2c1=O. The van der Waals surface area contributed by atoms with E-state index in [0.29, 0.717) is 45.9 Å². The third-order valence-electron chi connectivity index (χ3n) is 4.53. The van der Waals surface area contributed by atoms with Crippen molar-refractivity contribution in [2.75, 3.05) is 13.7 Å². The first kappa shape index (κ1) is 20.7. The van der Waals surface area contributed by atoms with E-state index in [0.717, 1.165) is 17.7 Å². The number of thioether (sulfide) groups is 1. The van der Waals surface area contributed by atoms with Gasteiger partial charge in [0.2, 0.25) is 5.89 Å². The fraction of sp³-hybridized carbons (Fsp3) is 0.227. The number of aromatic nitrogens is 3. The standard InChI is InChI=1S/C22H20ClN3O3S/c1-28-11-5-10-26-21(27)18-8-2-3-9-19(18)25-22(26)30-14-17-13-29-20(24-17)15-6-4-7-16(23)12-15/h2-4,6-9,12-13H,5,10-11,14H2,1H3. The smallest absolute Gasteiger partial charge is 0.262 e. The molecule has 4 rings (SSSR count). The average molecular weight is 442 g/mol. The molecule has 30 heavy (non-hydrogen) atoms. The van der Waals surface area contributed by atoms with Crippen molar-refractivity contribution in [1.29, 1.82) is 0 Å². The molecule has 6 nitrogen and oxygen atoms in total. The van der Waals surface area contributed by atoms with Crippen LogP contribution >= 0.6 is 23.4 Å². The van der Waals surface area contributed by atoms with Crippen molar-refractivity contribution >= 4 is 34.3 Å². The molecular formula is C22H20ClN3O3S. The molecule has 0 spiro atoms. The van der Waals surface area contributed by atoms with Gasteiger partial charge in [0.05, 0.1) is 16.6 Å². The molecule has 0 unspecified atom stereocenters. The minimum atomic E-state index is -0.0426. The first-order chi connectivity index (χ1) is 14.7. The molecule has 0 fully saturated rings. The highest BCUT2D eigenvalue weighted by molar-refractivity contribution is 7.98. The minimum absolute atomic E-state index is 0.0426. The van der Waals surface area contributed by atoms with Gasteiger partial charge < -0.3 is 9.15 Å². The van der Waals surface area contributed by atoms with Crippen molar-refractivity contribution < 1.29 is 9.15 Å². The summed E-state index contributed by atoms with van der Waals surface area (Å²) in [6.07, 6.45) is 2.35. The van der Waals surface area contributed by atoms with Crippen LogP contribution < -0.4 is 5.56 Å². The number of benzene rings is 2. The maximum absolute atomic E-state index is 13.0. The summed E-state index contributed by atoms with van der Waals surface area (Å²) in [6, 6.07) is 14.8. The summed E-state index contributed by atoms with van der Waals surface area (Å²) in [4.78, 5) is 22.3. The van der Waals surface area contributed by atoms with Crippen LogP contribution in [0.1, 0.15) is 12.1 Å². The van der Waals surface area contributed by atoms with Crippen LogP contribution in [0.25, 0.3) is 22.4 Å². The Morgan fingerprint density at radius 2 is 2.03 bits per heavy atom. The fourth-order valence-corrected chi connectivity index (χ4v) is 4.18. The molecule has 2 heterocycles. The molecular weight excluding hydrogens is 422 g/mol. The van der Waals surface area contributed by atoms with Crippen molar-refractivity contribution in [3.8, 4) is 11.5 Å². The zero-order chi connectivity index (χ0) is 20.9. The quantitative estimate of drug-likeness (QED) is 0.217. The molecule has 0 aliphatic heterocycles. The van der Waals surface area contributed by atoms with E-state index in [1.807, 2.05) is 36.4 Å². The lowest BCUT2D eigenvalue weighted by atomic mass is 10.2. The van der Waals surface area contributed by atoms with Gasteiger partial charge in [-0.25, -0.2) is 9.97 Å². The number of nitrogens with zero attached hydrogens (tertiary/aromatic N) is 3. The van der Waals surface area contributed by atoms with Crippen LogP contribution in [0.5, 0.6) is 0 Å². The Balaban J connectivity index is 1.59. The predicted octanol–water partition coefficient (Wildman–Crippen LogP) is 5.03. The molecule has 0 N–H and O–H groups in total. The number of ether oxygens (including phenoxy) is 1. The summed E-state index contributed by atoms with van der Waals surface area (Å²) >= 11 is 7.51. The van der Waals surface area contributed by atoms with E-state index in [1.165, 1.54) is 11.8 Å². The van der Waals surface area contributed by atoms with Crippen LogP contribution in [0.15, 0.2) is 69.2 Å². The molecule has 0 saturated heterocycles. The lowest BCUT2D eigenvalue weighted by Gasteiger charge is -2.12. The second-order valence-corrected chi connectivity index (χ2v) is 8.04. The van der Waals surface area contributed by atoms with Gasteiger partial charge in [-0.1, -0.05) is 41.6 Å². The van der Waals surface area contributed by atoms with E-state index in [2.05, 4.69) is 4.98 Å². The van der Waals surface area contributed by atoms with Gasteiger partial charge in [0.15, 0.2) is 5.16 Å². The largest absolute Gasteiger partial charge is 0.444 e. The maximum Gasteiger partial charge on any atom is 0.262 e. The predicted molar refractivity (Wildman–Crippen MR) is 119 cm³/mol. The summed E-state index contributed by atoms with van der Waals surface area (Å²) < 4.78 is 12.5. The number of hydrogen-bond acceptors (Lipinski definition) is 6. The molecule has 0 atom stereocenters. The zero-order valence-electron chi connectivity index (χ0n) is 16.4. The molecule has 154 valence electrons. The molecule has 0 aliphatic rings. The molecule has 0 saturated carbocycles. The van der Waals surface area contributed by atoms with Crippen molar-refractivity contribution in [2.24, 2.45) is 0 Å². The number of methoxy groups -OCH3 is 1. The van der Waals surface area contributed by atoms with Crippen LogP contribution in [-0.2, 0) is 17.0 Å². The summed E-state index contributed by atoms with van der Waals surface area (Å²) in [7, 11) is 1.65. The van der Waals surface area contributed by atoms with Gasteiger partial charge in [0.25, 0.3) is 5.56 Å². The van der Waals surface area contributed by atoms with E-state index >= 15 is 0 Å². The van der Waals surface area contributed by atoms with Gasteiger partial charge in [-0.15, -0.1) is 0 Å². The maximum atomic E-state index is 13.0. The van der Waals surface area contributed by atoms with E-state index < -0.39 is 0 Å². The Morgan fingerprint density at radius 3 is 2.87 bits per heavy atom. The van der Waals surface area contributed by atoms with Crippen molar-refractivity contribution in [3.63, 3.8) is 0 Å². The molecule has 8 heteroatoms. The van der Waals surface area contributed by atoms with E-state index in [4.69, 9.17) is 25.7 Å². The van der Waals surface area contributed by atoms with E-state index in [9.17, 15) is 4.79 Å². The lowest BCUT2D eigenvalue weighted by molar-refractivity contribution is 0.189. The topological polar surface area (TPSA) is 70.2 Å². The average Bonchev–Trinajstić information content (AvgIpc) is 3.23. The second kappa shape index (κ2) is 9.47. The third kappa shape index (κ3) is 4.59. The van der Waals surface area contributed by atoms with Gasteiger partial charge in [-0.2, -0.15) is 0 Å². The minimum Gasteiger partial charge on any atom is -0.444 e. The molecule has 2 aromatic heterocycles. The summed E-state index contributed by atoms with van der Waals surface area (Å²) in [5.74, 6) is 1.04. The summed E-state index contributed by atoms with van der Waals surface area (Å²) in [6.45, 7) is 1.12. The fourth-order valence-electron chi connectivity index (χ4n) is 3.09. The van der Waals surface area contributed by atoms with Crippen molar-refractivity contribution in [2.45, 2.75) is 23.9 Å². The number of hydrogen-bond donors (Lipinski definition) is 0. The van der Waals surface area contributed by atoms with Gasteiger partial charge in [0, 0.05) is 36.6 Å². The van der Waals surface area contributed by atoms with Crippen LogP contribution in [0.3, 0.4) is 0 Å².